The number of amides is 2. The van der Waals surface area contributed by atoms with Crippen LogP contribution < -0.4 is 4.74 Å². The second kappa shape index (κ2) is 9.81. The molecular formula is C26H41N3O2. The monoisotopic (exact) mass is 427 g/mol. The van der Waals surface area contributed by atoms with Crippen LogP contribution in [0, 0.1) is 0 Å². The molecule has 0 radical (unpaired) electrons. The largest absolute Gasteiger partial charge is 0.490 e. The molecule has 5 nitrogen and oxygen atoms in total. The van der Waals surface area contributed by atoms with E-state index in [2.05, 4.69) is 50.8 Å². The highest BCUT2D eigenvalue weighted by Gasteiger charge is 2.30. The zero-order valence-electron chi connectivity index (χ0n) is 20.0. The average Bonchev–Trinajstić information content (AvgIpc) is 2.89. The van der Waals surface area contributed by atoms with Crippen LogP contribution in [-0.4, -0.2) is 71.1 Å². The number of benzene rings is 1. The summed E-state index contributed by atoms with van der Waals surface area (Å²) in [6, 6.07) is 8.19. The van der Waals surface area contributed by atoms with E-state index in [1.165, 1.54) is 43.5 Å². The highest BCUT2D eigenvalue weighted by Crippen LogP contribution is 2.29. The minimum atomic E-state index is 0.171. The SMILES string of the molecule is CC(C)N(C(=O)N1CCC(Oc2ccc3c(c2)CCN(C2CCC2)CC3)CC1)C(C)C. The third kappa shape index (κ3) is 5.19. The third-order valence-corrected chi connectivity index (χ3v) is 7.45. The van der Waals surface area contributed by atoms with Crippen molar-refractivity contribution in [2.75, 3.05) is 26.2 Å². The van der Waals surface area contributed by atoms with Crippen molar-refractivity contribution in [2.24, 2.45) is 0 Å². The van der Waals surface area contributed by atoms with Crippen LogP contribution in [0.3, 0.4) is 0 Å². The molecule has 0 N–H and O–H groups in total. The van der Waals surface area contributed by atoms with E-state index in [4.69, 9.17) is 4.74 Å². The number of fused-ring (bicyclic) bond motifs is 1. The second-order valence-electron chi connectivity index (χ2n) is 10.2. The first-order valence-electron chi connectivity index (χ1n) is 12.5. The van der Waals surface area contributed by atoms with E-state index < -0.39 is 0 Å². The molecule has 2 fully saturated rings. The first kappa shape index (κ1) is 22.4. The fraction of sp³-hybridized carbons (Fsp3) is 0.731. The van der Waals surface area contributed by atoms with Gasteiger partial charge in [0, 0.05) is 57.1 Å². The Labute approximate surface area is 188 Å². The first-order chi connectivity index (χ1) is 14.9. The number of hydrogen-bond acceptors (Lipinski definition) is 3. The molecular weight excluding hydrogens is 386 g/mol. The summed E-state index contributed by atoms with van der Waals surface area (Å²) in [7, 11) is 0. The maximum atomic E-state index is 12.9. The number of likely N-dealkylation sites (tertiary alicyclic amines) is 1. The summed E-state index contributed by atoms with van der Waals surface area (Å²) in [6.45, 7) is 12.3. The van der Waals surface area contributed by atoms with Gasteiger partial charge in [0.1, 0.15) is 11.9 Å². The van der Waals surface area contributed by atoms with Gasteiger partial charge in [-0.25, -0.2) is 4.79 Å². The van der Waals surface area contributed by atoms with Crippen LogP contribution in [0.1, 0.15) is 70.9 Å². The van der Waals surface area contributed by atoms with Crippen molar-refractivity contribution in [1.82, 2.24) is 14.7 Å². The van der Waals surface area contributed by atoms with E-state index in [9.17, 15) is 4.79 Å². The van der Waals surface area contributed by atoms with Gasteiger partial charge < -0.3 is 14.5 Å². The molecule has 0 atom stereocenters. The van der Waals surface area contributed by atoms with Gasteiger partial charge >= 0.3 is 6.03 Å². The smallest absolute Gasteiger partial charge is 0.320 e. The van der Waals surface area contributed by atoms with Crippen molar-refractivity contribution in [3.05, 3.63) is 29.3 Å². The van der Waals surface area contributed by atoms with Crippen LogP contribution in [0.15, 0.2) is 18.2 Å². The zero-order valence-corrected chi connectivity index (χ0v) is 20.0. The van der Waals surface area contributed by atoms with Crippen molar-refractivity contribution < 1.29 is 9.53 Å². The average molecular weight is 428 g/mol. The van der Waals surface area contributed by atoms with Gasteiger partial charge in [0.15, 0.2) is 0 Å². The topological polar surface area (TPSA) is 36.0 Å². The fourth-order valence-corrected chi connectivity index (χ4v) is 5.47. The summed E-state index contributed by atoms with van der Waals surface area (Å²) in [6.07, 6.45) is 8.49. The lowest BCUT2D eigenvalue weighted by atomic mass is 9.91. The van der Waals surface area contributed by atoms with Crippen molar-refractivity contribution in [3.8, 4) is 5.75 Å². The van der Waals surface area contributed by atoms with Gasteiger partial charge in [0.2, 0.25) is 0 Å². The van der Waals surface area contributed by atoms with Crippen LogP contribution in [0.25, 0.3) is 0 Å². The standard InChI is InChI=1S/C26H41N3O2/c1-19(2)29(20(3)4)26(30)28-16-12-24(13-17-28)31-25-9-8-21-10-14-27(23-6-5-7-23)15-11-22(21)18-25/h8-9,18-20,23-24H,5-7,10-17H2,1-4H3. The molecule has 4 rings (SSSR count). The molecule has 2 aliphatic heterocycles. The second-order valence-corrected chi connectivity index (χ2v) is 10.2. The molecule has 31 heavy (non-hydrogen) atoms. The van der Waals surface area contributed by atoms with Crippen LogP contribution in [0.5, 0.6) is 5.75 Å². The minimum absolute atomic E-state index is 0.171. The Kier molecular flexibility index (Phi) is 7.10. The number of carbonyl (C=O) groups is 1. The maximum absolute atomic E-state index is 12.9. The predicted molar refractivity (Wildman–Crippen MR) is 126 cm³/mol. The van der Waals surface area contributed by atoms with E-state index >= 15 is 0 Å². The van der Waals surface area contributed by atoms with Crippen molar-refractivity contribution in [1.29, 1.82) is 0 Å². The number of hydrogen-bond donors (Lipinski definition) is 0. The number of carbonyl (C=O) groups excluding carboxylic acids is 1. The Hall–Kier alpha value is -1.75. The van der Waals surface area contributed by atoms with Crippen LogP contribution in [0.4, 0.5) is 4.79 Å². The van der Waals surface area contributed by atoms with Gasteiger partial charge in [-0.05, 0) is 76.6 Å². The van der Waals surface area contributed by atoms with E-state index in [1.54, 1.807) is 0 Å². The maximum Gasteiger partial charge on any atom is 0.320 e. The predicted octanol–water partition coefficient (Wildman–Crippen LogP) is 4.72. The lowest BCUT2D eigenvalue weighted by molar-refractivity contribution is 0.0826. The number of nitrogens with zero attached hydrogens (tertiary/aromatic N) is 3. The van der Waals surface area contributed by atoms with Gasteiger partial charge in [0.25, 0.3) is 0 Å². The molecule has 1 saturated heterocycles. The zero-order chi connectivity index (χ0) is 22.0. The van der Waals surface area contributed by atoms with E-state index in [-0.39, 0.29) is 24.2 Å². The van der Waals surface area contributed by atoms with E-state index in [1.807, 2.05) is 9.80 Å². The third-order valence-electron chi connectivity index (χ3n) is 7.45. The fourth-order valence-electron chi connectivity index (χ4n) is 5.47. The minimum Gasteiger partial charge on any atom is -0.490 e. The summed E-state index contributed by atoms with van der Waals surface area (Å²) in [5, 5.41) is 0. The van der Waals surface area contributed by atoms with Crippen molar-refractivity contribution >= 4 is 6.03 Å². The summed E-state index contributed by atoms with van der Waals surface area (Å²) in [5.41, 5.74) is 2.97. The van der Waals surface area contributed by atoms with Gasteiger partial charge in [0.05, 0.1) is 0 Å². The van der Waals surface area contributed by atoms with Gasteiger partial charge in [-0.1, -0.05) is 12.5 Å². The van der Waals surface area contributed by atoms with E-state index in [0.717, 1.165) is 50.6 Å². The van der Waals surface area contributed by atoms with Gasteiger partial charge in [-0.3, -0.25) is 4.90 Å². The summed E-state index contributed by atoms with van der Waals surface area (Å²) in [5.74, 6) is 1.01. The normalized spacial score (nSPS) is 21.0. The van der Waals surface area contributed by atoms with E-state index in [0.29, 0.717) is 0 Å². The lowest BCUT2D eigenvalue weighted by Crippen LogP contribution is -2.52. The Morgan fingerprint density at radius 3 is 2.16 bits per heavy atom. The Morgan fingerprint density at radius 1 is 0.935 bits per heavy atom. The number of rotatable bonds is 5. The highest BCUT2D eigenvalue weighted by molar-refractivity contribution is 5.75. The highest BCUT2D eigenvalue weighted by atomic mass is 16.5. The van der Waals surface area contributed by atoms with Crippen LogP contribution in [-0.2, 0) is 12.8 Å². The molecule has 1 saturated carbocycles. The van der Waals surface area contributed by atoms with Gasteiger partial charge in [-0.15, -0.1) is 0 Å². The lowest BCUT2D eigenvalue weighted by Gasteiger charge is -2.39. The molecule has 1 aliphatic carbocycles. The molecule has 1 aromatic rings. The Balaban J connectivity index is 1.30. The molecule has 2 amide bonds. The first-order valence-corrected chi connectivity index (χ1v) is 12.5. The summed E-state index contributed by atoms with van der Waals surface area (Å²) in [4.78, 5) is 19.6. The van der Waals surface area contributed by atoms with Crippen LogP contribution >= 0.6 is 0 Å². The number of urea groups is 1. The molecule has 3 aliphatic rings. The molecule has 5 heteroatoms. The summed E-state index contributed by atoms with van der Waals surface area (Å²) < 4.78 is 6.39. The Morgan fingerprint density at radius 2 is 1.58 bits per heavy atom. The van der Waals surface area contributed by atoms with Crippen molar-refractivity contribution in [2.45, 2.75) is 96.9 Å². The molecule has 0 unspecified atom stereocenters. The molecule has 0 aromatic heterocycles. The van der Waals surface area contributed by atoms with Crippen molar-refractivity contribution in [3.63, 3.8) is 0 Å². The summed E-state index contributed by atoms with van der Waals surface area (Å²) >= 11 is 0. The molecule has 0 bridgehead atoms. The number of ether oxygens (including phenoxy) is 1. The molecule has 172 valence electrons. The van der Waals surface area contributed by atoms with Crippen LogP contribution in [0.2, 0.25) is 0 Å². The Bertz CT molecular complexity index is 743. The van der Waals surface area contributed by atoms with Gasteiger partial charge in [-0.2, -0.15) is 0 Å². The molecule has 1 aromatic carbocycles. The number of piperidine rings is 1. The molecule has 2 heterocycles. The quantitative estimate of drug-likeness (QED) is 0.682. The molecule has 0 spiro atoms.